The minimum absolute atomic E-state index is 0.115. The van der Waals surface area contributed by atoms with E-state index in [1.165, 1.54) is 18.9 Å². The third kappa shape index (κ3) is 5.05. The zero-order valence-electron chi connectivity index (χ0n) is 17.4. The number of piperidine rings is 1. The first-order valence-electron chi connectivity index (χ1n) is 10.7. The molecule has 0 bridgehead atoms. The fourth-order valence-corrected chi connectivity index (χ4v) is 4.09. The van der Waals surface area contributed by atoms with Gasteiger partial charge in [0, 0.05) is 18.7 Å². The molecule has 0 radical (unpaired) electrons. The molecule has 1 saturated heterocycles. The first-order chi connectivity index (χ1) is 14.6. The summed E-state index contributed by atoms with van der Waals surface area (Å²) in [5.74, 6) is 0.809. The highest BCUT2D eigenvalue weighted by Gasteiger charge is 2.16. The van der Waals surface area contributed by atoms with Gasteiger partial charge in [-0.25, -0.2) is 9.37 Å². The van der Waals surface area contributed by atoms with Crippen molar-refractivity contribution in [2.45, 2.75) is 32.6 Å². The Morgan fingerprint density at radius 1 is 1.30 bits per heavy atom. The molecule has 6 heteroatoms. The van der Waals surface area contributed by atoms with E-state index in [4.69, 9.17) is 4.42 Å². The number of carbonyl (C=O) groups is 1. The van der Waals surface area contributed by atoms with Crippen LogP contribution in [0.5, 0.6) is 0 Å². The quantitative estimate of drug-likeness (QED) is 0.587. The van der Waals surface area contributed by atoms with Gasteiger partial charge in [-0.15, -0.1) is 0 Å². The van der Waals surface area contributed by atoms with E-state index in [1.54, 1.807) is 36.4 Å². The van der Waals surface area contributed by atoms with E-state index in [0.29, 0.717) is 34.7 Å². The molecular formula is C24H28FN3O2. The van der Waals surface area contributed by atoms with Crippen molar-refractivity contribution >= 4 is 17.0 Å². The van der Waals surface area contributed by atoms with Gasteiger partial charge < -0.3 is 14.6 Å². The van der Waals surface area contributed by atoms with Gasteiger partial charge in [0.15, 0.2) is 11.5 Å². The summed E-state index contributed by atoms with van der Waals surface area (Å²) >= 11 is 0. The van der Waals surface area contributed by atoms with Crippen LogP contribution in [-0.2, 0) is 6.42 Å². The van der Waals surface area contributed by atoms with Gasteiger partial charge in [-0.1, -0.05) is 25.1 Å². The van der Waals surface area contributed by atoms with E-state index in [9.17, 15) is 9.18 Å². The van der Waals surface area contributed by atoms with Gasteiger partial charge in [0.1, 0.15) is 11.3 Å². The molecule has 5 nitrogen and oxygen atoms in total. The van der Waals surface area contributed by atoms with Crippen molar-refractivity contribution < 1.29 is 13.6 Å². The van der Waals surface area contributed by atoms with E-state index in [2.05, 4.69) is 22.1 Å². The lowest BCUT2D eigenvalue weighted by atomic mass is 10.0. The number of hydrogen-bond donors (Lipinski definition) is 1. The molecular weight excluding hydrogens is 381 g/mol. The summed E-state index contributed by atoms with van der Waals surface area (Å²) in [4.78, 5) is 19.4. The number of likely N-dealkylation sites (tertiary alicyclic amines) is 1. The second kappa shape index (κ2) is 9.39. The van der Waals surface area contributed by atoms with Crippen LogP contribution in [0.15, 0.2) is 46.9 Å². The highest BCUT2D eigenvalue weighted by Crippen LogP contribution is 2.20. The lowest BCUT2D eigenvalue weighted by Crippen LogP contribution is -2.36. The van der Waals surface area contributed by atoms with Crippen LogP contribution >= 0.6 is 0 Å². The molecule has 0 unspecified atom stereocenters. The molecule has 0 spiro atoms. The van der Waals surface area contributed by atoms with Gasteiger partial charge >= 0.3 is 0 Å². The zero-order chi connectivity index (χ0) is 20.9. The van der Waals surface area contributed by atoms with E-state index >= 15 is 0 Å². The minimum atomic E-state index is -0.279. The molecule has 4 rings (SSSR count). The summed E-state index contributed by atoms with van der Waals surface area (Å²) in [5, 5.41) is 2.99. The van der Waals surface area contributed by atoms with Crippen molar-refractivity contribution in [3.05, 3.63) is 65.3 Å². The van der Waals surface area contributed by atoms with Gasteiger partial charge in [-0.3, -0.25) is 4.79 Å². The largest absolute Gasteiger partial charge is 0.440 e. The third-order valence-electron chi connectivity index (χ3n) is 5.67. The normalized spacial score (nSPS) is 17.3. The first-order valence-corrected chi connectivity index (χ1v) is 10.7. The lowest BCUT2D eigenvalue weighted by Gasteiger charge is -2.30. The van der Waals surface area contributed by atoms with Crippen LogP contribution in [0.1, 0.15) is 48.0 Å². The van der Waals surface area contributed by atoms with Crippen LogP contribution in [0.3, 0.4) is 0 Å². The third-order valence-corrected chi connectivity index (χ3v) is 5.67. The van der Waals surface area contributed by atoms with Crippen molar-refractivity contribution in [3.8, 4) is 0 Å². The van der Waals surface area contributed by atoms with Crippen LogP contribution < -0.4 is 5.32 Å². The monoisotopic (exact) mass is 409 g/mol. The van der Waals surface area contributed by atoms with E-state index < -0.39 is 0 Å². The summed E-state index contributed by atoms with van der Waals surface area (Å²) < 4.78 is 19.6. The molecule has 2 aromatic carbocycles. The number of nitrogens with zero attached hydrogens (tertiary/aromatic N) is 2. The van der Waals surface area contributed by atoms with E-state index in [-0.39, 0.29) is 18.1 Å². The van der Waals surface area contributed by atoms with E-state index in [1.807, 2.05) is 0 Å². The molecule has 1 aliphatic heterocycles. The van der Waals surface area contributed by atoms with Gasteiger partial charge in [-0.05, 0) is 68.1 Å². The second-order valence-electron chi connectivity index (χ2n) is 8.22. The number of amides is 1. The average Bonchev–Trinajstić information content (AvgIpc) is 3.14. The Labute approximate surface area is 176 Å². The molecule has 1 aromatic heterocycles. The SMILES string of the molecule is C[C@@H]1CCCN(CCCNC(=O)c2ccc3nc(Cc4ccccc4F)oc3c2)C1. The summed E-state index contributed by atoms with van der Waals surface area (Å²) in [6, 6.07) is 11.8. The molecule has 0 aliphatic carbocycles. The topological polar surface area (TPSA) is 58.4 Å². The second-order valence-corrected chi connectivity index (χ2v) is 8.22. The lowest BCUT2D eigenvalue weighted by molar-refractivity contribution is 0.0950. The Hall–Kier alpha value is -2.73. The fraction of sp³-hybridized carbons (Fsp3) is 0.417. The Bertz CT molecular complexity index is 1020. The number of nitrogens with one attached hydrogen (secondary N) is 1. The number of halogens is 1. The molecule has 1 aliphatic rings. The number of oxazole rings is 1. The predicted octanol–water partition coefficient (Wildman–Crippen LogP) is 4.41. The van der Waals surface area contributed by atoms with Crippen molar-refractivity contribution in [1.82, 2.24) is 15.2 Å². The van der Waals surface area contributed by atoms with Gasteiger partial charge in [-0.2, -0.15) is 0 Å². The molecule has 30 heavy (non-hydrogen) atoms. The summed E-state index contributed by atoms with van der Waals surface area (Å²) in [7, 11) is 0. The van der Waals surface area contributed by atoms with Crippen LogP contribution in [0.2, 0.25) is 0 Å². The van der Waals surface area contributed by atoms with Crippen molar-refractivity contribution in [2.24, 2.45) is 5.92 Å². The van der Waals surface area contributed by atoms with Crippen molar-refractivity contribution in [1.29, 1.82) is 0 Å². The Morgan fingerprint density at radius 2 is 2.17 bits per heavy atom. The van der Waals surface area contributed by atoms with E-state index in [0.717, 1.165) is 32.0 Å². The number of carbonyl (C=O) groups excluding carboxylic acids is 1. The average molecular weight is 410 g/mol. The summed E-state index contributed by atoms with van der Waals surface area (Å²) in [6.45, 7) is 6.29. The van der Waals surface area contributed by atoms with Gasteiger partial charge in [0.2, 0.25) is 0 Å². The number of aromatic nitrogens is 1. The molecule has 1 N–H and O–H groups in total. The predicted molar refractivity (Wildman–Crippen MR) is 115 cm³/mol. The van der Waals surface area contributed by atoms with Crippen LogP contribution in [0.4, 0.5) is 4.39 Å². The highest BCUT2D eigenvalue weighted by molar-refractivity contribution is 5.97. The van der Waals surface area contributed by atoms with Crippen molar-refractivity contribution in [2.75, 3.05) is 26.2 Å². The molecule has 2 heterocycles. The first kappa shape index (κ1) is 20.5. The number of fused-ring (bicyclic) bond motifs is 1. The van der Waals surface area contributed by atoms with Crippen LogP contribution in [0.25, 0.3) is 11.1 Å². The Kier molecular flexibility index (Phi) is 6.43. The molecule has 3 aromatic rings. The number of rotatable bonds is 7. The van der Waals surface area contributed by atoms with Gasteiger partial charge in [0.05, 0.1) is 6.42 Å². The molecule has 1 atom stereocenters. The van der Waals surface area contributed by atoms with Crippen molar-refractivity contribution in [3.63, 3.8) is 0 Å². The molecule has 1 amide bonds. The smallest absolute Gasteiger partial charge is 0.251 e. The van der Waals surface area contributed by atoms with Crippen LogP contribution in [0, 0.1) is 11.7 Å². The highest BCUT2D eigenvalue weighted by atomic mass is 19.1. The summed E-state index contributed by atoms with van der Waals surface area (Å²) in [6.07, 6.45) is 3.80. The Morgan fingerprint density at radius 3 is 3.00 bits per heavy atom. The number of hydrogen-bond acceptors (Lipinski definition) is 4. The Balaban J connectivity index is 1.32. The van der Waals surface area contributed by atoms with Crippen LogP contribution in [-0.4, -0.2) is 42.0 Å². The zero-order valence-corrected chi connectivity index (χ0v) is 17.4. The maximum atomic E-state index is 13.9. The minimum Gasteiger partial charge on any atom is -0.440 e. The molecule has 1 fully saturated rings. The molecule has 0 saturated carbocycles. The molecule has 158 valence electrons. The maximum absolute atomic E-state index is 13.9. The summed E-state index contributed by atoms with van der Waals surface area (Å²) in [5.41, 5.74) is 2.28. The number of benzene rings is 2. The fourth-order valence-electron chi connectivity index (χ4n) is 4.09. The standard InChI is InChI=1S/C24H28FN3O2/c1-17-6-4-12-28(16-17)13-5-11-26-24(29)19-9-10-21-22(14-19)30-23(27-21)15-18-7-2-3-8-20(18)25/h2-3,7-10,14,17H,4-6,11-13,15-16H2,1H3,(H,26,29)/t17-/m1/s1. The van der Waals surface area contributed by atoms with Gasteiger partial charge in [0.25, 0.3) is 5.91 Å². The maximum Gasteiger partial charge on any atom is 0.251 e.